The second kappa shape index (κ2) is 6.20. The molecule has 18 heavy (non-hydrogen) atoms. The van der Waals surface area contributed by atoms with Crippen LogP contribution in [-0.4, -0.2) is 12.5 Å². The minimum Gasteiger partial charge on any atom is -0.343 e. The van der Waals surface area contributed by atoms with E-state index >= 15 is 0 Å². The standard InChI is InChI=1S/C15H18N2O/c16-10-11-17-15(18)14-8-6-13(7-9-14)12-4-2-1-3-5-12/h1-5,13-14H,6-9,11H2,(H,17,18). The summed E-state index contributed by atoms with van der Waals surface area (Å²) in [6.45, 7) is 0.122. The molecule has 94 valence electrons. The maximum absolute atomic E-state index is 11.7. The van der Waals surface area contributed by atoms with E-state index in [1.807, 2.05) is 12.1 Å². The fourth-order valence-electron chi connectivity index (χ4n) is 2.69. The van der Waals surface area contributed by atoms with Crippen molar-refractivity contribution in [3.63, 3.8) is 0 Å². The van der Waals surface area contributed by atoms with E-state index in [9.17, 15) is 4.79 Å². The molecule has 0 spiro atoms. The minimum atomic E-state index is 0.0445. The zero-order valence-electron chi connectivity index (χ0n) is 10.4. The fraction of sp³-hybridized carbons (Fsp3) is 0.467. The van der Waals surface area contributed by atoms with Crippen molar-refractivity contribution >= 4 is 5.91 Å². The summed E-state index contributed by atoms with van der Waals surface area (Å²) >= 11 is 0. The van der Waals surface area contributed by atoms with Gasteiger partial charge in [0.25, 0.3) is 0 Å². The van der Waals surface area contributed by atoms with Crippen molar-refractivity contribution in [2.75, 3.05) is 6.54 Å². The summed E-state index contributed by atoms with van der Waals surface area (Å²) in [6.07, 6.45) is 3.98. The van der Waals surface area contributed by atoms with E-state index in [2.05, 4.69) is 29.6 Å². The van der Waals surface area contributed by atoms with Gasteiger partial charge in [0, 0.05) is 5.92 Å². The highest BCUT2D eigenvalue weighted by molar-refractivity contribution is 5.78. The third kappa shape index (κ3) is 3.10. The van der Waals surface area contributed by atoms with Gasteiger partial charge >= 0.3 is 0 Å². The first kappa shape index (κ1) is 12.6. The van der Waals surface area contributed by atoms with E-state index in [0.717, 1.165) is 25.7 Å². The average Bonchev–Trinajstić information content (AvgIpc) is 2.46. The lowest BCUT2D eigenvalue weighted by Crippen LogP contribution is -2.33. The molecule has 0 radical (unpaired) electrons. The lowest BCUT2D eigenvalue weighted by atomic mass is 9.78. The van der Waals surface area contributed by atoms with Crippen molar-refractivity contribution in [1.29, 1.82) is 5.26 Å². The molecule has 1 aromatic carbocycles. The summed E-state index contributed by atoms with van der Waals surface area (Å²) in [6, 6.07) is 12.4. The van der Waals surface area contributed by atoms with E-state index in [1.54, 1.807) is 0 Å². The molecule has 1 aliphatic rings. The molecular weight excluding hydrogens is 224 g/mol. The van der Waals surface area contributed by atoms with Gasteiger partial charge in [-0.15, -0.1) is 0 Å². The Morgan fingerprint density at radius 1 is 1.22 bits per heavy atom. The van der Waals surface area contributed by atoms with Crippen LogP contribution in [0.3, 0.4) is 0 Å². The van der Waals surface area contributed by atoms with Gasteiger partial charge in [0.1, 0.15) is 6.54 Å². The lowest BCUT2D eigenvalue weighted by molar-refractivity contribution is -0.125. The Morgan fingerprint density at radius 3 is 2.50 bits per heavy atom. The molecule has 1 aromatic rings. The Bertz CT molecular complexity index is 428. The smallest absolute Gasteiger partial charge is 0.223 e. The Morgan fingerprint density at radius 2 is 1.89 bits per heavy atom. The molecule has 0 aromatic heterocycles. The van der Waals surface area contributed by atoms with E-state index in [4.69, 9.17) is 5.26 Å². The van der Waals surface area contributed by atoms with Crippen LogP contribution in [0.15, 0.2) is 30.3 Å². The number of hydrogen-bond acceptors (Lipinski definition) is 2. The molecule has 1 N–H and O–H groups in total. The van der Waals surface area contributed by atoms with Crippen LogP contribution in [0.2, 0.25) is 0 Å². The zero-order chi connectivity index (χ0) is 12.8. The van der Waals surface area contributed by atoms with Crippen LogP contribution in [0.5, 0.6) is 0 Å². The fourth-order valence-corrected chi connectivity index (χ4v) is 2.69. The summed E-state index contributed by atoms with van der Waals surface area (Å²) in [5, 5.41) is 11.1. The van der Waals surface area contributed by atoms with Crippen molar-refractivity contribution in [1.82, 2.24) is 5.32 Å². The van der Waals surface area contributed by atoms with Gasteiger partial charge in [-0.05, 0) is 37.2 Å². The van der Waals surface area contributed by atoms with Gasteiger partial charge in [-0.1, -0.05) is 30.3 Å². The number of hydrogen-bond donors (Lipinski definition) is 1. The Labute approximate surface area is 108 Å². The van der Waals surface area contributed by atoms with Crippen LogP contribution in [0.4, 0.5) is 0 Å². The third-order valence-electron chi connectivity index (χ3n) is 3.71. The van der Waals surface area contributed by atoms with Gasteiger partial charge in [0.05, 0.1) is 6.07 Å². The maximum atomic E-state index is 11.7. The van der Waals surface area contributed by atoms with Crippen LogP contribution >= 0.6 is 0 Å². The topological polar surface area (TPSA) is 52.9 Å². The van der Waals surface area contributed by atoms with Crippen molar-refractivity contribution in [2.24, 2.45) is 5.92 Å². The van der Waals surface area contributed by atoms with Gasteiger partial charge in [-0.25, -0.2) is 0 Å². The highest BCUT2D eigenvalue weighted by atomic mass is 16.1. The number of nitrogens with one attached hydrogen (secondary N) is 1. The number of carbonyl (C=O) groups excluding carboxylic acids is 1. The Hall–Kier alpha value is -1.82. The SMILES string of the molecule is N#CCNC(=O)C1CCC(c2ccccc2)CC1. The molecule has 3 nitrogen and oxygen atoms in total. The molecule has 1 saturated carbocycles. The van der Waals surface area contributed by atoms with Crippen molar-refractivity contribution in [3.05, 3.63) is 35.9 Å². The molecule has 0 saturated heterocycles. The molecular formula is C15H18N2O. The zero-order valence-corrected chi connectivity index (χ0v) is 10.4. The van der Waals surface area contributed by atoms with Gasteiger partial charge in [0.15, 0.2) is 0 Å². The summed E-state index contributed by atoms with van der Waals surface area (Å²) in [7, 11) is 0. The van der Waals surface area contributed by atoms with Gasteiger partial charge < -0.3 is 5.32 Å². The molecule has 0 bridgehead atoms. The molecule has 0 atom stereocenters. The van der Waals surface area contributed by atoms with Crippen LogP contribution in [-0.2, 0) is 4.79 Å². The number of nitrogens with zero attached hydrogens (tertiary/aromatic N) is 1. The normalized spacial score (nSPS) is 23.1. The first-order chi connectivity index (χ1) is 8.81. The summed E-state index contributed by atoms with van der Waals surface area (Å²) < 4.78 is 0. The minimum absolute atomic E-state index is 0.0445. The number of amides is 1. The second-order valence-corrected chi connectivity index (χ2v) is 4.84. The van der Waals surface area contributed by atoms with E-state index in [0.29, 0.717) is 5.92 Å². The molecule has 1 aliphatic carbocycles. The highest BCUT2D eigenvalue weighted by Gasteiger charge is 2.26. The molecule has 0 heterocycles. The van der Waals surface area contributed by atoms with E-state index in [-0.39, 0.29) is 18.4 Å². The molecule has 1 amide bonds. The molecule has 1 fully saturated rings. The van der Waals surface area contributed by atoms with E-state index < -0.39 is 0 Å². The highest BCUT2D eigenvalue weighted by Crippen LogP contribution is 2.35. The van der Waals surface area contributed by atoms with Crippen molar-refractivity contribution in [2.45, 2.75) is 31.6 Å². The summed E-state index contributed by atoms with van der Waals surface area (Å²) in [5.41, 5.74) is 1.38. The molecule has 3 heteroatoms. The Balaban J connectivity index is 1.85. The molecule has 0 unspecified atom stereocenters. The van der Waals surface area contributed by atoms with E-state index in [1.165, 1.54) is 5.56 Å². The second-order valence-electron chi connectivity index (χ2n) is 4.84. The number of benzene rings is 1. The summed E-state index contributed by atoms with van der Waals surface area (Å²) in [5.74, 6) is 0.729. The largest absolute Gasteiger partial charge is 0.343 e. The predicted molar refractivity (Wildman–Crippen MR) is 69.8 cm³/mol. The van der Waals surface area contributed by atoms with Crippen molar-refractivity contribution < 1.29 is 4.79 Å². The van der Waals surface area contributed by atoms with Gasteiger partial charge in [-0.3, -0.25) is 4.79 Å². The average molecular weight is 242 g/mol. The van der Waals surface area contributed by atoms with Crippen LogP contribution in [0.1, 0.15) is 37.2 Å². The maximum Gasteiger partial charge on any atom is 0.223 e. The monoisotopic (exact) mass is 242 g/mol. The third-order valence-corrected chi connectivity index (χ3v) is 3.71. The number of carbonyl (C=O) groups is 1. The molecule has 2 rings (SSSR count). The summed E-state index contributed by atoms with van der Waals surface area (Å²) in [4.78, 5) is 11.7. The van der Waals surface area contributed by atoms with Gasteiger partial charge in [-0.2, -0.15) is 5.26 Å². The molecule has 0 aliphatic heterocycles. The van der Waals surface area contributed by atoms with Crippen LogP contribution in [0.25, 0.3) is 0 Å². The van der Waals surface area contributed by atoms with Crippen LogP contribution < -0.4 is 5.32 Å². The lowest BCUT2D eigenvalue weighted by Gasteiger charge is -2.27. The number of rotatable bonds is 3. The van der Waals surface area contributed by atoms with Gasteiger partial charge in [0.2, 0.25) is 5.91 Å². The first-order valence-electron chi connectivity index (χ1n) is 6.51. The number of nitriles is 1. The quantitative estimate of drug-likeness (QED) is 0.828. The van der Waals surface area contributed by atoms with Crippen LogP contribution in [0, 0.1) is 17.2 Å². The first-order valence-corrected chi connectivity index (χ1v) is 6.51. The predicted octanol–water partition coefficient (Wildman–Crippen LogP) is 2.60. The Kier molecular flexibility index (Phi) is 4.35. The van der Waals surface area contributed by atoms with Crippen molar-refractivity contribution in [3.8, 4) is 6.07 Å².